The van der Waals surface area contributed by atoms with Gasteiger partial charge in [-0.3, -0.25) is 14.2 Å². The Labute approximate surface area is 154 Å². The zero-order valence-corrected chi connectivity index (χ0v) is 14.3. The number of hydrogen-bond donors (Lipinski definition) is 1. The van der Waals surface area contributed by atoms with Crippen LogP contribution in [0.2, 0.25) is 0 Å². The van der Waals surface area contributed by atoms with Crippen LogP contribution in [0.1, 0.15) is 5.56 Å². The maximum absolute atomic E-state index is 12.4. The molecule has 134 valence electrons. The fraction of sp³-hybridized carbons (Fsp3) is 0.105. The predicted molar refractivity (Wildman–Crippen MR) is 99.2 cm³/mol. The number of benzene rings is 2. The number of fused-ring (bicyclic) bond motifs is 1. The van der Waals surface area contributed by atoms with Crippen molar-refractivity contribution >= 4 is 16.8 Å². The van der Waals surface area contributed by atoms with Gasteiger partial charge in [0.2, 0.25) is 5.91 Å². The first-order chi connectivity index (χ1) is 13.2. The van der Waals surface area contributed by atoms with Crippen LogP contribution in [0.25, 0.3) is 16.6 Å². The lowest BCUT2D eigenvalue weighted by molar-refractivity contribution is -0.121. The fourth-order valence-corrected chi connectivity index (χ4v) is 2.74. The molecule has 2 aromatic heterocycles. The monoisotopic (exact) mass is 360 g/mol. The molecule has 1 amide bonds. The Kier molecular flexibility index (Phi) is 4.44. The van der Waals surface area contributed by atoms with Crippen molar-refractivity contribution in [1.29, 1.82) is 0 Å². The SMILES string of the molecule is O=C(Cn1cnc2ccccc2c1=O)NCc1ccc(-n2cncn2)cc1. The maximum atomic E-state index is 12.4. The number of para-hydroxylation sites is 1. The second-order valence-corrected chi connectivity index (χ2v) is 5.98. The molecule has 0 unspecified atom stereocenters. The van der Waals surface area contributed by atoms with Crippen molar-refractivity contribution in [3.63, 3.8) is 0 Å². The van der Waals surface area contributed by atoms with Gasteiger partial charge in [-0.15, -0.1) is 0 Å². The molecule has 0 spiro atoms. The van der Waals surface area contributed by atoms with E-state index in [1.54, 1.807) is 29.2 Å². The summed E-state index contributed by atoms with van der Waals surface area (Å²) in [5, 5.41) is 7.38. The van der Waals surface area contributed by atoms with Gasteiger partial charge in [-0.2, -0.15) is 5.10 Å². The molecule has 2 heterocycles. The number of rotatable bonds is 5. The lowest BCUT2D eigenvalue weighted by Crippen LogP contribution is -2.32. The number of hydrogen-bond acceptors (Lipinski definition) is 5. The zero-order chi connectivity index (χ0) is 18.6. The average Bonchev–Trinajstić information content (AvgIpc) is 3.24. The topological polar surface area (TPSA) is 94.7 Å². The summed E-state index contributed by atoms with van der Waals surface area (Å²) in [7, 11) is 0. The molecule has 4 rings (SSSR count). The van der Waals surface area contributed by atoms with Crippen LogP contribution in [0.5, 0.6) is 0 Å². The summed E-state index contributed by atoms with van der Waals surface area (Å²) in [5.74, 6) is -0.255. The highest BCUT2D eigenvalue weighted by molar-refractivity contribution is 5.78. The number of nitrogens with one attached hydrogen (secondary N) is 1. The van der Waals surface area contributed by atoms with Crippen LogP contribution < -0.4 is 10.9 Å². The second-order valence-electron chi connectivity index (χ2n) is 5.98. The van der Waals surface area contributed by atoms with E-state index in [1.165, 1.54) is 17.2 Å². The maximum Gasteiger partial charge on any atom is 0.261 e. The molecule has 2 aromatic carbocycles. The Balaban J connectivity index is 1.40. The van der Waals surface area contributed by atoms with E-state index >= 15 is 0 Å². The first-order valence-electron chi connectivity index (χ1n) is 8.35. The fourth-order valence-electron chi connectivity index (χ4n) is 2.74. The second kappa shape index (κ2) is 7.20. The summed E-state index contributed by atoms with van der Waals surface area (Å²) in [4.78, 5) is 32.7. The van der Waals surface area contributed by atoms with Crippen LogP contribution in [-0.2, 0) is 17.9 Å². The van der Waals surface area contributed by atoms with Crippen molar-refractivity contribution in [2.75, 3.05) is 0 Å². The number of carbonyl (C=O) groups excluding carboxylic acids is 1. The van der Waals surface area contributed by atoms with E-state index < -0.39 is 0 Å². The standard InChI is InChI=1S/C19H16N6O2/c26-18(10-24-13-22-17-4-2-1-3-16(17)19(24)27)21-9-14-5-7-15(8-6-14)25-12-20-11-23-25/h1-8,11-13H,9-10H2,(H,21,26). The smallest absolute Gasteiger partial charge is 0.261 e. The molecule has 0 fully saturated rings. The minimum absolute atomic E-state index is 0.0757. The molecule has 0 saturated carbocycles. The highest BCUT2D eigenvalue weighted by atomic mass is 16.2. The van der Waals surface area contributed by atoms with Crippen molar-refractivity contribution in [3.8, 4) is 5.69 Å². The Hall–Kier alpha value is -3.81. The van der Waals surface area contributed by atoms with Gasteiger partial charge in [-0.1, -0.05) is 24.3 Å². The highest BCUT2D eigenvalue weighted by Crippen LogP contribution is 2.08. The number of nitrogens with zero attached hydrogens (tertiary/aromatic N) is 5. The van der Waals surface area contributed by atoms with Crippen LogP contribution >= 0.6 is 0 Å². The van der Waals surface area contributed by atoms with Gasteiger partial charge in [0.25, 0.3) is 5.56 Å². The van der Waals surface area contributed by atoms with E-state index in [1.807, 2.05) is 30.3 Å². The molecule has 0 saturated heterocycles. The van der Waals surface area contributed by atoms with Crippen molar-refractivity contribution in [2.45, 2.75) is 13.1 Å². The van der Waals surface area contributed by atoms with Crippen LogP contribution in [0.3, 0.4) is 0 Å². The molecule has 1 N–H and O–H groups in total. The Morgan fingerprint density at radius 2 is 1.85 bits per heavy atom. The molecule has 0 aliphatic rings. The van der Waals surface area contributed by atoms with Crippen molar-refractivity contribution < 1.29 is 4.79 Å². The third-order valence-electron chi connectivity index (χ3n) is 4.15. The van der Waals surface area contributed by atoms with Gasteiger partial charge in [-0.05, 0) is 29.8 Å². The highest BCUT2D eigenvalue weighted by Gasteiger charge is 2.08. The van der Waals surface area contributed by atoms with E-state index in [0.29, 0.717) is 17.4 Å². The lowest BCUT2D eigenvalue weighted by atomic mass is 10.2. The summed E-state index contributed by atoms with van der Waals surface area (Å²) in [5.41, 5.74) is 2.21. The van der Waals surface area contributed by atoms with E-state index in [2.05, 4.69) is 20.4 Å². The third kappa shape index (κ3) is 3.59. The van der Waals surface area contributed by atoms with E-state index in [0.717, 1.165) is 11.3 Å². The van der Waals surface area contributed by atoms with Gasteiger partial charge < -0.3 is 5.32 Å². The molecular weight excluding hydrogens is 344 g/mol. The van der Waals surface area contributed by atoms with E-state index in [4.69, 9.17) is 0 Å². The van der Waals surface area contributed by atoms with Gasteiger partial charge in [0.05, 0.1) is 22.9 Å². The molecule has 4 aromatic rings. The molecule has 8 nitrogen and oxygen atoms in total. The Bertz CT molecular complexity index is 1130. The van der Waals surface area contributed by atoms with E-state index in [-0.39, 0.29) is 18.0 Å². The van der Waals surface area contributed by atoms with Gasteiger partial charge >= 0.3 is 0 Å². The molecule has 0 aliphatic carbocycles. The Morgan fingerprint density at radius 1 is 1.04 bits per heavy atom. The van der Waals surface area contributed by atoms with Crippen LogP contribution in [0.15, 0.2) is 72.3 Å². The first-order valence-corrected chi connectivity index (χ1v) is 8.35. The first kappa shape index (κ1) is 16.6. The normalized spacial score (nSPS) is 10.8. The molecule has 8 heteroatoms. The largest absolute Gasteiger partial charge is 0.350 e. The minimum atomic E-state index is -0.255. The summed E-state index contributed by atoms with van der Waals surface area (Å²) in [6, 6.07) is 14.7. The summed E-state index contributed by atoms with van der Waals surface area (Å²) >= 11 is 0. The third-order valence-corrected chi connectivity index (χ3v) is 4.15. The van der Waals surface area contributed by atoms with Crippen LogP contribution in [0, 0.1) is 0 Å². The number of aromatic nitrogens is 5. The molecule has 27 heavy (non-hydrogen) atoms. The van der Waals surface area contributed by atoms with Gasteiger partial charge in [0, 0.05) is 6.54 Å². The van der Waals surface area contributed by atoms with Crippen LogP contribution in [0.4, 0.5) is 0 Å². The molecular formula is C19H16N6O2. The van der Waals surface area contributed by atoms with Gasteiger partial charge in [-0.25, -0.2) is 14.6 Å². The minimum Gasteiger partial charge on any atom is -0.350 e. The molecule has 0 aliphatic heterocycles. The number of amides is 1. The zero-order valence-electron chi connectivity index (χ0n) is 14.3. The summed E-state index contributed by atoms with van der Waals surface area (Å²) in [6.07, 6.45) is 4.49. The van der Waals surface area contributed by atoms with Gasteiger partial charge in [0.1, 0.15) is 19.2 Å². The van der Waals surface area contributed by atoms with E-state index in [9.17, 15) is 9.59 Å². The quantitative estimate of drug-likeness (QED) is 0.579. The van der Waals surface area contributed by atoms with Crippen molar-refractivity contribution in [2.24, 2.45) is 0 Å². The number of carbonyl (C=O) groups is 1. The van der Waals surface area contributed by atoms with Gasteiger partial charge in [0.15, 0.2) is 0 Å². The van der Waals surface area contributed by atoms with Crippen LogP contribution in [-0.4, -0.2) is 30.2 Å². The molecule has 0 bridgehead atoms. The summed E-state index contributed by atoms with van der Waals surface area (Å²) < 4.78 is 2.97. The average molecular weight is 360 g/mol. The Morgan fingerprint density at radius 3 is 2.63 bits per heavy atom. The molecule has 0 atom stereocenters. The predicted octanol–water partition coefficient (Wildman–Crippen LogP) is 1.29. The lowest BCUT2D eigenvalue weighted by Gasteiger charge is -2.08. The summed E-state index contributed by atoms with van der Waals surface area (Å²) in [6.45, 7) is 0.292. The van der Waals surface area contributed by atoms with Crippen molar-refractivity contribution in [1.82, 2.24) is 29.6 Å². The van der Waals surface area contributed by atoms with Crippen molar-refractivity contribution in [3.05, 3.63) is 83.4 Å². The molecule has 0 radical (unpaired) electrons.